The molecule has 5 nitrogen and oxygen atoms in total. The summed E-state index contributed by atoms with van der Waals surface area (Å²) in [5.41, 5.74) is 17.4. The highest BCUT2D eigenvalue weighted by atomic mass is 16.3. The number of hydrogen-bond donors (Lipinski definition) is 0. The number of pyridine rings is 2. The Morgan fingerprint density at radius 3 is 1.17 bits per heavy atom. The summed E-state index contributed by atoms with van der Waals surface area (Å²) in [6.45, 7) is 8.20. The molecule has 10 aromatic rings. The van der Waals surface area contributed by atoms with Gasteiger partial charge in [-0.25, -0.2) is 0 Å². The number of nitrogens with zero attached hydrogens (tertiary/aromatic N) is 3. The molecule has 0 unspecified atom stereocenters. The van der Waals surface area contributed by atoms with Crippen LogP contribution in [-0.4, -0.2) is 9.97 Å². The lowest BCUT2D eigenvalue weighted by Crippen LogP contribution is -2.12. The van der Waals surface area contributed by atoms with Gasteiger partial charge in [-0.1, -0.05) is 109 Å². The average molecular weight is 816 g/mol. The van der Waals surface area contributed by atoms with Gasteiger partial charge in [-0.15, -0.1) is 0 Å². The molecule has 0 atom stereocenters. The van der Waals surface area contributed by atoms with Crippen molar-refractivity contribution < 1.29 is 8.83 Å². The molecule has 63 heavy (non-hydrogen) atoms. The maximum Gasteiger partial charge on any atom is 0.134 e. The van der Waals surface area contributed by atoms with Gasteiger partial charge in [-0.3, -0.25) is 9.97 Å². The zero-order valence-electron chi connectivity index (χ0n) is 35.7. The van der Waals surface area contributed by atoms with E-state index < -0.39 is 0 Å². The van der Waals surface area contributed by atoms with Crippen LogP contribution < -0.4 is 4.90 Å². The molecule has 0 fully saturated rings. The molecular weight excluding hydrogens is 771 g/mol. The molecule has 6 aromatic carbocycles. The van der Waals surface area contributed by atoms with Gasteiger partial charge in [0.2, 0.25) is 0 Å². The fourth-order valence-corrected chi connectivity index (χ4v) is 8.42. The largest absolute Gasteiger partial charge is 0.461 e. The molecule has 10 rings (SSSR count). The lowest BCUT2D eigenvalue weighted by Gasteiger charge is -2.29. The number of benzene rings is 6. The minimum atomic E-state index is 0.778. The Hall–Kier alpha value is -8.02. The van der Waals surface area contributed by atoms with E-state index in [1.165, 1.54) is 0 Å². The molecule has 0 spiro atoms. The van der Waals surface area contributed by atoms with Crippen molar-refractivity contribution in [2.45, 2.75) is 27.7 Å². The Kier molecular flexibility index (Phi) is 10.4. The SMILES string of the molecule is Cc1ccc(-c2cc(-c3cc(-c4ccccc4)c(C)cn3)cc(N(c3cc(-c4cc(-c5ccccc5)c(C)cn4)cc(-c4ccc(C)o4)c3)c3ccccc3-c3ccccc3)c2)o1. The van der Waals surface area contributed by atoms with E-state index in [0.29, 0.717) is 0 Å². The van der Waals surface area contributed by atoms with Crippen LogP contribution in [0, 0.1) is 27.7 Å². The number of rotatable bonds is 10. The fourth-order valence-electron chi connectivity index (χ4n) is 8.42. The number of furan rings is 2. The number of para-hydroxylation sites is 1. The van der Waals surface area contributed by atoms with E-state index in [2.05, 4.69) is 183 Å². The van der Waals surface area contributed by atoms with Crippen LogP contribution in [0.4, 0.5) is 17.1 Å². The zero-order valence-corrected chi connectivity index (χ0v) is 35.7. The lowest BCUT2D eigenvalue weighted by atomic mass is 9.96. The van der Waals surface area contributed by atoms with Crippen LogP contribution in [0.5, 0.6) is 0 Å². The molecule has 0 aliphatic carbocycles. The van der Waals surface area contributed by atoms with Gasteiger partial charge in [0.05, 0.1) is 17.1 Å². The Bertz CT molecular complexity index is 3040. The van der Waals surface area contributed by atoms with E-state index in [9.17, 15) is 0 Å². The summed E-state index contributed by atoms with van der Waals surface area (Å²) in [7, 11) is 0. The number of anilines is 3. The fraction of sp³-hybridized carbons (Fsp3) is 0.0690. The third-order valence-electron chi connectivity index (χ3n) is 11.6. The van der Waals surface area contributed by atoms with Crippen LogP contribution in [-0.2, 0) is 0 Å². The van der Waals surface area contributed by atoms with Crippen LogP contribution in [0.2, 0.25) is 0 Å². The summed E-state index contributed by atoms with van der Waals surface area (Å²) in [6.07, 6.45) is 3.95. The van der Waals surface area contributed by atoms with Gasteiger partial charge in [-0.2, -0.15) is 0 Å². The van der Waals surface area contributed by atoms with Crippen molar-refractivity contribution >= 4 is 17.1 Å². The van der Waals surface area contributed by atoms with Crippen molar-refractivity contribution in [3.05, 3.63) is 223 Å². The van der Waals surface area contributed by atoms with Gasteiger partial charge >= 0.3 is 0 Å². The standard InChI is InChI=1S/C58H45N3O2/c1-38-36-59-54(34-52(38)43-18-10-6-11-19-43)45-28-47(57-26-24-40(3)62-57)32-49(30-45)61(56-23-15-14-22-51(56)42-16-8-5-9-17-42)50-31-46(29-48(33-50)58-27-25-41(4)63-58)55-35-53(39(2)37-60-55)44-20-12-7-13-21-44/h5-37H,1-4H3. The van der Waals surface area contributed by atoms with Gasteiger partial charge in [0, 0.05) is 51.6 Å². The predicted molar refractivity (Wildman–Crippen MR) is 258 cm³/mol. The van der Waals surface area contributed by atoms with E-state index in [1.807, 2.05) is 50.5 Å². The zero-order chi connectivity index (χ0) is 42.9. The molecular formula is C58H45N3O2. The highest BCUT2D eigenvalue weighted by molar-refractivity contribution is 5.93. The smallest absolute Gasteiger partial charge is 0.134 e. The molecule has 0 saturated heterocycles. The summed E-state index contributed by atoms with van der Waals surface area (Å²) >= 11 is 0. The molecule has 4 aromatic heterocycles. The van der Waals surface area contributed by atoms with Crippen molar-refractivity contribution in [3.8, 4) is 78.5 Å². The average Bonchev–Trinajstić information content (AvgIpc) is 3.98. The summed E-state index contributed by atoms with van der Waals surface area (Å²) < 4.78 is 12.7. The summed E-state index contributed by atoms with van der Waals surface area (Å²) in [6, 6.07) is 66.0. The van der Waals surface area contributed by atoms with E-state index in [4.69, 9.17) is 18.8 Å². The monoisotopic (exact) mass is 815 g/mol. The van der Waals surface area contributed by atoms with Crippen molar-refractivity contribution in [1.29, 1.82) is 0 Å². The highest BCUT2D eigenvalue weighted by Crippen LogP contribution is 2.46. The summed E-state index contributed by atoms with van der Waals surface area (Å²) in [5.74, 6) is 3.24. The summed E-state index contributed by atoms with van der Waals surface area (Å²) in [5, 5.41) is 0. The van der Waals surface area contributed by atoms with Crippen LogP contribution in [0.15, 0.2) is 209 Å². The Balaban J connectivity index is 1.25. The highest BCUT2D eigenvalue weighted by Gasteiger charge is 2.23. The first-order chi connectivity index (χ1) is 30.8. The van der Waals surface area contributed by atoms with Gasteiger partial charge in [0.15, 0.2) is 0 Å². The quantitative estimate of drug-likeness (QED) is 0.138. The van der Waals surface area contributed by atoms with Crippen molar-refractivity contribution in [1.82, 2.24) is 9.97 Å². The maximum absolute atomic E-state index is 6.37. The van der Waals surface area contributed by atoms with Crippen LogP contribution >= 0.6 is 0 Å². The molecule has 0 aliphatic rings. The van der Waals surface area contributed by atoms with Crippen molar-refractivity contribution in [3.63, 3.8) is 0 Å². The number of hydrogen-bond acceptors (Lipinski definition) is 5. The van der Waals surface area contributed by atoms with Gasteiger partial charge in [0.1, 0.15) is 23.0 Å². The second-order valence-corrected chi connectivity index (χ2v) is 16.1. The number of aromatic nitrogens is 2. The second kappa shape index (κ2) is 16.8. The third-order valence-corrected chi connectivity index (χ3v) is 11.6. The van der Waals surface area contributed by atoms with Crippen LogP contribution in [0.1, 0.15) is 22.6 Å². The first-order valence-corrected chi connectivity index (χ1v) is 21.3. The van der Waals surface area contributed by atoms with E-state index in [-0.39, 0.29) is 0 Å². The van der Waals surface area contributed by atoms with E-state index in [1.54, 1.807) is 0 Å². The normalized spacial score (nSPS) is 11.2. The molecule has 0 amide bonds. The van der Waals surface area contributed by atoms with Gasteiger partial charge < -0.3 is 13.7 Å². The second-order valence-electron chi connectivity index (χ2n) is 16.1. The molecule has 0 bridgehead atoms. The van der Waals surface area contributed by atoms with Gasteiger partial charge in [0.25, 0.3) is 0 Å². The van der Waals surface area contributed by atoms with Crippen molar-refractivity contribution in [2.24, 2.45) is 0 Å². The molecule has 0 N–H and O–H groups in total. The Morgan fingerprint density at radius 2 is 0.746 bits per heavy atom. The Morgan fingerprint density at radius 1 is 0.349 bits per heavy atom. The summed E-state index contributed by atoms with van der Waals surface area (Å²) in [4.78, 5) is 12.5. The predicted octanol–water partition coefficient (Wildman–Crippen LogP) is 16.0. The molecule has 0 radical (unpaired) electrons. The minimum absolute atomic E-state index is 0.778. The molecule has 304 valence electrons. The number of aryl methyl sites for hydroxylation is 4. The van der Waals surface area contributed by atoms with E-state index >= 15 is 0 Å². The molecule has 0 aliphatic heterocycles. The topological polar surface area (TPSA) is 55.3 Å². The van der Waals surface area contributed by atoms with Crippen molar-refractivity contribution in [2.75, 3.05) is 4.90 Å². The molecule has 4 heterocycles. The lowest BCUT2D eigenvalue weighted by molar-refractivity contribution is 0.548. The minimum Gasteiger partial charge on any atom is -0.461 e. The van der Waals surface area contributed by atoms with Gasteiger partial charge in [-0.05, 0) is 146 Å². The molecule has 0 saturated carbocycles. The Labute approximate surface area is 368 Å². The van der Waals surface area contributed by atoms with Crippen LogP contribution in [0.3, 0.4) is 0 Å². The first kappa shape index (κ1) is 39.1. The third kappa shape index (κ3) is 8.01. The first-order valence-electron chi connectivity index (χ1n) is 21.3. The van der Waals surface area contributed by atoms with Crippen LogP contribution in [0.25, 0.3) is 78.5 Å². The van der Waals surface area contributed by atoms with E-state index in [0.717, 1.165) is 118 Å². The maximum atomic E-state index is 6.37. The molecule has 5 heteroatoms.